The molecule has 0 bridgehead atoms. The van der Waals surface area contributed by atoms with E-state index in [1.807, 2.05) is 0 Å². The zero-order chi connectivity index (χ0) is 18.5. The van der Waals surface area contributed by atoms with Crippen LogP contribution in [0.1, 0.15) is 36.7 Å². The van der Waals surface area contributed by atoms with Crippen LogP contribution < -0.4 is 16.6 Å². The van der Waals surface area contributed by atoms with E-state index in [4.69, 9.17) is 5.73 Å². The Hall–Kier alpha value is -2.86. The van der Waals surface area contributed by atoms with E-state index in [2.05, 4.69) is 17.3 Å². The zero-order valence-corrected chi connectivity index (χ0v) is 16.0. The number of nitrogens with zero attached hydrogens (tertiary/aromatic N) is 2. The number of halogens is 1. The number of benzene rings is 2. The molecule has 0 fully saturated rings. The molecular weight excluding hydrogens is 364 g/mol. The molecule has 3 N–H and O–H groups in total. The van der Waals surface area contributed by atoms with Crippen LogP contribution in [-0.4, -0.2) is 15.7 Å². The van der Waals surface area contributed by atoms with Crippen molar-refractivity contribution >= 4 is 40.5 Å². The maximum atomic E-state index is 12.8. The number of rotatable bonds is 6. The monoisotopic (exact) mass is 386 g/mol. The Morgan fingerprint density at radius 1 is 1.07 bits per heavy atom. The normalized spacial score (nSPS) is 10.4. The molecule has 1 amide bonds. The largest absolute Gasteiger partial charge is 0.397 e. The summed E-state index contributed by atoms with van der Waals surface area (Å²) in [6.07, 6.45) is 2.89. The molecule has 0 aliphatic carbocycles. The summed E-state index contributed by atoms with van der Waals surface area (Å²) in [4.78, 5) is 25.5. The van der Waals surface area contributed by atoms with Gasteiger partial charge < -0.3 is 11.1 Å². The first kappa shape index (κ1) is 20.5. The van der Waals surface area contributed by atoms with Crippen molar-refractivity contribution in [2.24, 2.45) is 0 Å². The lowest BCUT2D eigenvalue weighted by molar-refractivity contribution is 0.102. The van der Waals surface area contributed by atoms with E-state index < -0.39 is 0 Å². The minimum Gasteiger partial charge on any atom is -0.397 e. The number of nitrogens with one attached hydrogen (secondary N) is 1. The van der Waals surface area contributed by atoms with Crippen molar-refractivity contribution in [3.63, 3.8) is 0 Å². The van der Waals surface area contributed by atoms with E-state index >= 15 is 0 Å². The summed E-state index contributed by atoms with van der Waals surface area (Å²) in [5.41, 5.74) is 6.95. The standard InChI is InChI=1S/C20H22N4O2.ClH/c1-2-3-8-13-24-20(26)15-10-5-4-9-14(15)18(23-24)19(25)22-17-12-7-6-11-16(17)21;/h4-7,9-12H,2-3,8,13,21H2,1H3,(H,22,25);1H. The van der Waals surface area contributed by atoms with Crippen LogP contribution in [0.25, 0.3) is 10.8 Å². The first-order chi connectivity index (χ1) is 12.6. The fourth-order valence-electron chi connectivity index (χ4n) is 2.86. The van der Waals surface area contributed by atoms with Crippen LogP contribution in [0.3, 0.4) is 0 Å². The molecular formula is C20H23ClN4O2. The smallest absolute Gasteiger partial charge is 0.276 e. The lowest BCUT2D eigenvalue weighted by Gasteiger charge is -2.12. The van der Waals surface area contributed by atoms with Crippen molar-refractivity contribution in [2.75, 3.05) is 11.1 Å². The summed E-state index contributed by atoms with van der Waals surface area (Å²) in [5, 5.41) is 8.17. The molecule has 142 valence electrons. The van der Waals surface area contributed by atoms with E-state index in [1.165, 1.54) is 4.68 Å². The Kier molecular flexibility index (Phi) is 6.96. The van der Waals surface area contributed by atoms with E-state index in [1.54, 1.807) is 48.5 Å². The lowest BCUT2D eigenvalue weighted by Crippen LogP contribution is -2.28. The summed E-state index contributed by atoms with van der Waals surface area (Å²) in [6, 6.07) is 14.1. The third-order valence-corrected chi connectivity index (χ3v) is 4.27. The summed E-state index contributed by atoms with van der Waals surface area (Å²) in [6.45, 7) is 2.59. The number of amides is 1. The Balaban J connectivity index is 0.00000261. The molecule has 0 radical (unpaired) electrons. The lowest BCUT2D eigenvalue weighted by atomic mass is 10.1. The molecule has 7 heteroatoms. The van der Waals surface area contributed by atoms with E-state index in [-0.39, 0.29) is 29.6 Å². The van der Waals surface area contributed by atoms with Crippen molar-refractivity contribution < 1.29 is 4.79 Å². The van der Waals surface area contributed by atoms with Crippen molar-refractivity contribution in [1.82, 2.24) is 9.78 Å². The van der Waals surface area contributed by atoms with Gasteiger partial charge in [-0.05, 0) is 24.6 Å². The van der Waals surface area contributed by atoms with Gasteiger partial charge in [-0.2, -0.15) is 5.10 Å². The second kappa shape index (κ2) is 9.19. The molecule has 3 aromatic rings. The van der Waals surface area contributed by atoms with Gasteiger partial charge in [-0.1, -0.05) is 50.1 Å². The molecule has 27 heavy (non-hydrogen) atoms. The topological polar surface area (TPSA) is 90.0 Å². The van der Waals surface area contributed by atoms with Crippen LogP contribution in [0, 0.1) is 0 Å². The fourth-order valence-corrected chi connectivity index (χ4v) is 2.86. The zero-order valence-electron chi connectivity index (χ0n) is 15.1. The van der Waals surface area contributed by atoms with Crippen LogP contribution in [0.5, 0.6) is 0 Å². The van der Waals surface area contributed by atoms with Crippen LogP contribution in [0.15, 0.2) is 53.3 Å². The Morgan fingerprint density at radius 3 is 2.44 bits per heavy atom. The molecule has 2 aromatic carbocycles. The average molecular weight is 387 g/mol. The SMILES string of the molecule is CCCCCn1nc(C(=O)Nc2ccccc2N)c2ccccc2c1=O.Cl. The van der Waals surface area contributed by atoms with Gasteiger partial charge >= 0.3 is 0 Å². The Bertz CT molecular complexity index is 1000. The molecule has 3 rings (SSSR count). The molecule has 1 heterocycles. The van der Waals surface area contributed by atoms with Crippen LogP contribution >= 0.6 is 12.4 Å². The van der Waals surface area contributed by atoms with Gasteiger partial charge in [-0.3, -0.25) is 9.59 Å². The molecule has 1 aromatic heterocycles. The molecule has 0 atom stereocenters. The fraction of sp³-hybridized carbons (Fsp3) is 0.250. The highest BCUT2D eigenvalue weighted by molar-refractivity contribution is 6.11. The van der Waals surface area contributed by atoms with Gasteiger partial charge in [0.15, 0.2) is 5.69 Å². The van der Waals surface area contributed by atoms with Crippen LogP contribution in [0.4, 0.5) is 11.4 Å². The van der Waals surface area contributed by atoms with Gasteiger partial charge in [-0.15, -0.1) is 12.4 Å². The highest BCUT2D eigenvalue weighted by atomic mass is 35.5. The molecule has 0 aliphatic rings. The number of carbonyl (C=O) groups is 1. The number of hydrogen-bond acceptors (Lipinski definition) is 4. The first-order valence-electron chi connectivity index (χ1n) is 8.77. The minimum atomic E-state index is -0.386. The van der Waals surface area contributed by atoms with Gasteiger partial charge in [0.2, 0.25) is 0 Å². The average Bonchev–Trinajstić information content (AvgIpc) is 2.65. The maximum absolute atomic E-state index is 12.8. The number of nitrogens with two attached hydrogens (primary N) is 1. The number of para-hydroxylation sites is 2. The predicted octanol–water partition coefficient (Wildman–Crippen LogP) is 3.84. The number of aromatic nitrogens is 2. The number of unbranched alkanes of at least 4 members (excludes halogenated alkanes) is 2. The Labute approximate surface area is 163 Å². The Morgan fingerprint density at radius 2 is 1.74 bits per heavy atom. The van der Waals surface area contributed by atoms with Crippen LogP contribution in [-0.2, 0) is 6.54 Å². The van der Waals surface area contributed by atoms with E-state index in [0.29, 0.717) is 28.7 Å². The summed E-state index contributed by atoms with van der Waals surface area (Å²) in [5.74, 6) is -0.386. The van der Waals surface area contributed by atoms with Gasteiger partial charge in [0.1, 0.15) is 0 Å². The number of aryl methyl sites for hydroxylation is 1. The van der Waals surface area contributed by atoms with E-state index in [9.17, 15) is 9.59 Å². The van der Waals surface area contributed by atoms with Crippen molar-refractivity contribution in [3.8, 4) is 0 Å². The van der Waals surface area contributed by atoms with Crippen molar-refractivity contribution in [2.45, 2.75) is 32.7 Å². The first-order valence-corrected chi connectivity index (χ1v) is 8.77. The van der Waals surface area contributed by atoms with E-state index in [0.717, 1.165) is 19.3 Å². The number of nitrogen functional groups attached to an aromatic ring is 1. The predicted molar refractivity (Wildman–Crippen MR) is 112 cm³/mol. The number of carbonyl (C=O) groups excluding carboxylic acids is 1. The second-order valence-electron chi connectivity index (χ2n) is 6.17. The molecule has 6 nitrogen and oxygen atoms in total. The summed E-state index contributed by atoms with van der Waals surface area (Å²) >= 11 is 0. The van der Waals surface area contributed by atoms with Gasteiger partial charge in [-0.25, -0.2) is 4.68 Å². The minimum absolute atomic E-state index is 0. The third-order valence-electron chi connectivity index (χ3n) is 4.27. The number of hydrogen-bond donors (Lipinski definition) is 2. The molecule has 0 spiro atoms. The quantitative estimate of drug-likeness (QED) is 0.497. The third kappa shape index (κ3) is 4.46. The highest BCUT2D eigenvalue weighted by Gasteiger charge is 2.17. The number of fused-ring (bicyclic) bond motifs is 1. The maximum Gasteiger partial charge on any atom is 0.276 e. The van der Waals surface area contributed by atoms with Gasteiger partial charge in [0.05, 0.1) is 16.8 Å². The molecule has 0 unspecified atom stereocenters. The van der Waals surface area contributed by atoms with Gasteiger partial charge in [0, 0.05) is 11.9 Å². The van der Waals surface area contributed by atoms with Crippen molar-refractivity contribution in [3.05, 3.63) is 64.6 Å². The highest BCUT2D eigenvalue weighted by Crippen LogP contribution is 2.20. The molecule has 0 saturated carbocycles. The number of anilines is 2. The molecule has 0 aliphatic heterocycles. The van der Waals surface area contributed by atoms with Crippen molar-refractivity contribution in [1.29, 1.82) is 0 Å². The molecule has 0 saturated heterocycles. The summed E-state index contributed by atoms with van der Waals surface area (Å²) < 4.78 is 1.39. The second-order valence-corrected chi connectivity index (χ2v) is 6.17. The van der Waals surface area contributed by atoms with Crippen LogP contribution in [0.2, 0.25) is 0 Å². The summed E-state index contributed by atoms with van der Waals surface area (Å²) in [7, 11) is 0. The van der Waals surface area contributed by atoms with Gasteiger partial charge in [0.25, 0.3) is 11.5 Å².